The number of aromatic nitrogens is 1. The summed E-state index contributed by atoms with van der Waals surface area (Å²) in [5.41, 5.74) is 0.640. The van der Waals surface area contributed by atoms with Crippen molar-refractivity contribution in [1.29, 1.82) is 0 Å². The molecule has 2 amide bonds. The number of carbonyl (C=O) groups excluding carboxylic acids is 2. The molecule has 3 rings (SSSR count). The predicted molar refractivity (Wildman–Crippen MR) is 88.0 cm³/mol. The molecule has 0 saturated heterocycles. The van der Waals surface area contributed by atoms with E-state index in [4.69, 9.17) is 0 Å². The van der Waals surface area contributed by atoms with Gasteiger partial charge in [0.15, 0.2) is 0 Å². The van der Waals surface area contributed by atoms with Gasteiger partial charge in [0.2, 0.25) is 10.0 Å². The van der Waals surface area contributed by atoms with Gasteiger partial charge in [-0.25, -0.2) is 13.1 Å². The molecule has 0 atom stereocenters. The number of hydrogen-bond acceptors (Lipinski definition) is 4. The van der Waals surface area contributed by atoms with Crippen LogP contribution in [0.25, 0.3) is 0 Å². The lowest BCUT2D eigenvalue weighted by Gasteiger charge is -2.14. The van der Waals surface area contributed by atoms with Crippen LogP contribution in [0.3, 0.4) is 0 Å². The second-order valence-electron chi connectivity index (χ2n) is 5.44. The number of rotatable bonds is 7. The number of imide groups is 1. The Morgan fingerprint density at radius 1 is 0.875 bits per heavy atom. The average Bonchev–Trinajstić information content (AvgIpc) is 3.15. The standard InChI is InChI=1S/C16H17N3O4S/c20-15-13-5-1-2-6-14(13)16(21)19(15)11-12-24(22,23)17-7-10-18-8-3-4-9-18/h1-6,8-9,17H,7,10-12H2. The number of amides is 2. The average molecular weight is 347 g/mol. The van der Waals surface area contributed by atoms with Gasteiger partial charge in [-0.3, -0.25) is 14.5 Å². The van der Waals surface area contributed by atoms with E-state index in [0.29, 0.717) is 17.7 Å². The van der Waals surface area contributed by atoms with Gasteiger partial charge in [-0.15, -0.1) is 0 Å². The van der Waals surface area contributed by atoms with Crippen LogP contribution in [0.4, 0.5) is 0 Å². The van der Waals surface area contributed by atoms with E-state index in [0.717, 1.165) is 4.90 Å². The van der Waals surface area contributed by atoms with Gasteiger partial charge in [0, 0.05) is 32.0 Å². The summed E-state index contributed by atoms with van der Waals surface area (Å²) < 4.78 is 28.4. The molecular formula is C16H17N3O4S. The maximum atomic E-state index is 12.2. The van der Waals surface area contributed by atoms with Gasteiger partial charge in [-0.1, -0.05) is 12.1 Å². The maximum absolute atomic E-state index is 12.2. The zero-order chi connectivity index (χ0) is 17.2. The van der Waals surface area contributed by atoms with Crippen LogP contribution in [-0.4, -0.2) is 48.5 Å². The highest BCUT2D eigenvalue weighted by atomic mass is 32.2. The van der Waals surface area contributed by atoms with Gasteiger partial charge >= 0.3 is 0 Å². The van der Waals surface area contributed by atoms with Crippen molar-refractivity contribution in [2.45, 2.75) is 6.54 Å². The van der Waals surface area contributed by atoms with Crippen LogP contribution in [-0.2, 0) is 16.6 Å². The van der Waals surface area contributed by atoms with E-state index in [1.54, 1.807) is 24.3 Å². The van der Waals surface area contributed by atoms with E-state index < -0.39 is 21.8 Å². The first-order valence-electron chi connectivity index (χ1n) is 7.51. The summed E-state index contributed by atoms with van der Waals surface area (Å²) in [6, 6.07) is 10.2. The summed E-state index contributed by atoms with van der Waals surface area (Å²) >= 11 is 0. The fraction of sp³-hybridized carbons (Fsp3) is 0.250. The van der Waals surface area contributed by atoms with Gasteiger partial charge in [-0.2, -0.15) is 0 Å². The highest BCUT2D eigenvalue weighted by Crippen LogP contribution is 2.22. The van der Waals surface area contributed by atoms with Crippen molar-refractivity contribution in [2.75, 3.05) is 18.8 Å². The van der Waals surface area contributed by atoms with E-state index in [9.17, 15) is 18.0 Å². The van der Waals surface area contributed by atoms with Crippen LogP contribution in [0.1, 0.15) is 20.7 Å². The second-order valence-corrected chi connectivity index (χ2v) is 7.37. The lowest BCUT2D eigenvalue weighted by Crippen LogP contribution is -2.38. The van der Waals surface area contributed by atoms with E-state index in [1.807, 2.05) is 29.1 Å². The lowest BCUT2D eigenvalue weighted by atomic mass is 10.1. The maximum Gasteiger partial charge on any atom is 0.261 e. The number of nitrogens with one attached hydrogen (secondary N) is 1. The molecule has 0 fully saturated rings. The molecule has 0 saturated carbocycles. The van der Waals surface area contributed by atoms with Crippen LogP contribution >= 0.6 is 0 Å². The van der Waals surface area contributed by atoms with Gasteiger partial charge < -0.3 is 4.57 Å². The SMILES string of the molecule is O=C1c2ccccc2C(=O)N1CCS(=O)(=O)NCCn1cccc1. The molecule has 2 heterocycles. The van der Waals surface area contributed by atoms with Gasteiger partial charge in [0.1, 0.15) is 0 Å². The Morgan fingerprint density at radius 3 is 2.04 bits per heavy atom. The number of carbonyl (C=O) groups is 2. The fourth-order valence-corrected chi connectivity index (χ4v) is 3.54. The molecule has 0 bridgehead atoms. The summed E-state index contributed by atoms with van der Waals surface area (Å²) in [4.78, 5) is 25.3. The fourth-order valence-electron chi connectivity index (χ4n) is 2.58. The largest absolute Gasteiger partial charge is 0.353 e. The Morgan fingerprint density at radius 2 is 1.46 bits per heavy atom. The van der Waals surface area contributed by atoms with Crippen molar-refractivity contribution < 1.29 is 18.0 Å². The number of sulfonamides is 1. The summed E-state index contributed by atoms with van der Waals surface area (Å²) in [6.07, 6.45) is 3.68. The molecule has 1 aromatic heterocycles. The molecule has 1 aromatic carbocycles. The first kappa shape index (κ1) is 16.4. The Bertz CT molecular complexity index is 824. The van der Waals surface area contributed by atoms with Crippen LogP contribution < -0.4 is 4.72 Å². The third-order valence-corrected chi connectivity index (χ3v) is 5.18. The minimum Gasteiger partial charge on any atom is -0.353 e. The Labute approximate surface area is 139 Å². The molecule has 8 heteroatoms. The van der Waals surface area contributed by atoms with Crippen LogP contribution in [0.2, 0.25) is 0 Å². The molecule has 0 radical (unpaired) electrons. The minimum absolute atomic E-state index is 0.162. The third kappa shape index (κ3) is 3.39. The van der Waals surface area contributed by atoms with Crippen LogP contribution in [0.15, 0.2) is 48.8 Å². The van der Waals surface area contributed by atoms with Crippen molar-refractivity contribution in [2.24, 2.45) is 0 Å². The van der Waals surface area contributed by atoms with Gasteiger partial charge in [-0.05, 0) is 24.3 Å². The molecule has 0 spiro atoms. The first-order valence-corrected chi connectivity index (χ1v) is 9.16. The van der Waals surface area contributed by atoms with Gasteiger partial charge in [0.25, 0.3) is 11.8 Å². The van der Waals surface area contributed by atoms with E-state index in [1.165, 1.54) is 0 Å². The van der Waals surface area contributed by atoms with Crippen LogP contribution in [0.5, 0.6) is 0 Å². The third-order valence-electron chi connectivity index (χ3n) is 3.82. The van der Waals surface area contributed by atoms with Crippen molar-refractivity contribution in [1.82, 2.24) is 14.2 Å². The van der Waals surface area contributed by atoms with Crippen molar-refractivity contribution in [3.05, 3.63) is 59.9 Å². The monoisotopic (exact) mass is 347 g/mol. The number of nitrogens with zero attached hydrogens (tertiary/aromatic N) is 2. The quantitative estimate of drug-likeness (QED) is 0.747. The normalized spacial score (nSPS) is 14.2. The predicted octanol–water partition coefficient (Wildman–Crippen LogP) is 0.704. The highest BCUT2D eigenvalue weighted by Gasteiger charge is 2.35. The smallest absolute Gasteiger partial charge is 0.261 e. The molecule has 2 aromatic rings. The molecule has 0 unspecified atom stereocenters. The lowest BCUT2D eigenvalue weighted by molar-refractivity contribution is 0.0664. The van der Waals surface area contributed by atoms with Crippen molar-refractivity contribution in [3.8, 4) is 0 Å². The van der Waals surface area contributed by atoms with Crippen molar-refractivity contribution >= 4 is 21.8 Å². The molecule has 7 nitrogen and oxygen atoms in total. The van der Waals surface area contributed by atoms with E-state index in [2.05, 4.69) is 4.72 Å². The van der Waals surface area contributed by atoms with Crippen LogP contribution in [0, 0.1) is 0 Å². The number of hydrogen-bond donors (Lipinski definition) is 1. The molecule has 0 aliphatic carbocycles. The number of benzene rings is 1. The van der Waals surface area contributed by atoms with Gasteiger partial charge in [0.05, 0.1) is 16.9 Å². The zero-order valence-corrected chi connectivity index (χ0v) is 13.7. The molecule has 1 aliphatic heterocycles. The molecule has 24 heavy (non-hydrogen) atoms. The Hall–Kier alpha value is -2.45. The van der Waals surface area contributed by atoms with E-state index >= 15 is 0 Å². The molecular weight excluding hydrogens is 330 g/mol. The minimum atomic E-state index is -3.57. The topological polar surface area (TPSA) is 88.5 Å². The first-order chi connectivity index (χ1) is 11.5. The summed E-state index contributed by atoms with van der Waals surface area (Å²) in [5, 5.41) is 0. The molecule has 126 valence electrons. The molecule has 1 aliphatic rings. The highest BCUT2D eigenvalue weighted by molar-refractivity contribution is 7.89. The van der Waals surface area contributed by atoms with Crippen molar-refractivity contribution in [3.63, 3.8) is 0 Å². The molecule has 1 N–H and O–H groups in total. The zero-order valence-electron chi connectivity index (χ0n) is 12.9. The second kappa shape index (κ2) is 6.58. The Kier molecular flexibility index (Phi) is 4.50. The Balaban J connectivity index is 1.55. The van der Waals surface area contributed by atoms with E-state index in [-0.39, 0.29) is 18.8 Å². The summed E-state index contributed by atoms with van der Waals surface area (Å²) in [7, 11) is -3.57. The summed E-state index contributed by atoms with van der Waals surface area (Å²) in [6.45, 7) is 0.601. The summed E-state index contributed by atoms with van der Waals surface area (Å²) in [5.74, 6) is -1.21. The number of fused-ring (bicyclic) bond motifs is 1.